The van der Waals surface area contributed by atoms with Gasteiger partial charge in [-0.25, -0.2) is 4.98 Å². The van der Waals surface area contributed by atoms with Crippen molar-refractivity contribution in [2.75, 3.05) is 0 Å². The van der Waals surface area contributed by atoms with Gasteiger partial charge in [-0.3, -0.25) is 0 Å². The quantitative estimate of drug-likeness (QED) is 0.868. The molecule has 0 aliphatic heterocycles. The molecule has 0 aliphatic carbocycles. The minimum absolute atomic E-state index is 0.0828. The van der Waals surface area contributed by atoms with E-state index in [2.05, 4.69) is 10.3 Å². The fourth-order valence-corrected chi connectivity index (χ4v) is 1.82. The molecule has 0 radical (unpaired) electrons. The minimum atomic E-state index is 0.0828. The number of benzene rings is 1. The Labute approximate surface area is 111 Å². The Hall–Kier alpha value is -1.36. The Kier molecular flexibility index (Phi) is 4.36. The third kappa shape index (κ3) is 3.10. The van der Waals surface area contributed by atoms with Crippen LogP contribution in [-0.4, -0.2) is 14.7 Å². The number of hydrogen-bond donors (Lipinski definition) is 2. The molecular formula is C13H16ClN3O. The van der Waals surface area contributed by atoms with Crippen molar-refractivity contribution in [3.05, 3.63) is 52.6 Å². The van der Waals surface area contributed by atoms with Crippen LogP contribution in [0.2, 0.25) is 5.15 Å². The third-order valence-electron chi connectivity index (χ3n) is 2.85. The molecule has 0 unspecified atom stereocenters. The molecule has 1 heterocycles. The van der Waals surface area contributed by atoms with E-state index >= 15 is 0 Å². The first kappa shape index (κ1) is 13.1. The summed E-state index contributed by atoms with van der Waals surface area (Å²) < 4.78 is 1.85. The highest BCUT2D eigenvalue weighted by Gasteiger charge is 2.03. The number of nitrogens with one attached hydrogen (secondary N) is 1. The van der Waals surface area contributed by atoms with Crippen molar-refractivity contribution >= 4 is 11.6 Å². The van der Waals surface area contributed by atoms with Crippen molar-refractivity contribution in [2.45, 2.75) is 19.7 Å². The van der Waals surface area contributed by atoms with E-state index < -0.39 is 0 Å². The van der Waals surface area contributed by atoms with Crippen LogP contribution in [0.25, 0.3) is 0 Å². The van der Waals surface area contributed by atoms with Gasteiger partial charge in [-0.05, 0) is 11.1 Å². The van der Waals surface area contributed by atoms with Crippen molar-refractivity contribution in [2.24, 2.45) is 7.05 Å². The van der Waals surface area contributed by atoms with Crippen LogP contribution < -0.4 is 5.32 Å². The normalized spacial score (nSPS) is 10.8. The summed E-state index contributed by atoms with van der Waals surface area (Å²) in [5.74, 6) is 0.909. The van der Waals surface area contributed by atoms with E-state index in [-0.39, 0.29) is 6.61 Å². The van der Waals surface area contributed by atoms with Gasteiger partial charge >= 0.3 is 0 Å². The number of aromatic nitrogens is 2. The maximum Gasteiger partial charge on any atom is 0.128 e. The van der Waals surface area contributed by atoms with Crippen molar-refractivity contribution < 1.29 is 5.11 Å². The zero-order valence-corrected chi connectivity index (χ0v) is 11.0. The van der Waals surface area contributed by atoms with E-state index in [9.17, 15) is 0 Å². The zero-order valence-electron chi connectivity index (χ0n) is 10.2. The summed E-state index contributed by atoms with van der Waals surface area (Å²) in [7, 11) is 1.89. The lowest BCUT2D eigenvalue weighted by Gasteiger charge is -2.06. The van der Waals surface area contributed by atoms with Crippen LogP contribution in [0.5, 0.6) is 0 Å². The average Bonchev–Trinajstić information content (AvgIpc) is 2.71. The molecular weight excluding hydrogens is 250 g/mol. The van der Waals surface area contributed by atoms with Gasteiger partial charge in [0, 0.05) is 13.6 Å². The summed E-state index contributed by atoms with van der Waals surface area (Å²) in [6, 6.07) is 7.86. The van der Waals surface area contributed by atoms with E-state index in [0.29, 0.717) is 11.7 Å². The van der Waals surface area contributed by atoms with Gasteiger partial charge in [0.05, 0.1) is 19.3 Å². The summed E-state index contributed by atoms with van der Waals surface area (Å²) in [4.78, 5) is 4.21. The second kappa shape index (κ2) is 6.00. The average molecular weight is 266 g/mol. The highest BCUT2D eigenvalue weighted by molar-refractivity contribution is 6.29. The van der Waals surface area contributed by atoms with Crippen LogP contribution in [-0.2, 0) is 26.7 Å². The van der Waals surface area contributed by atoms with Crippen LogP contribution in [0.1, 0.15) is 17.0 Å². The van der Waals surface area contributed by atoms with Gasteiger partial charge in [0.1, 0.15) is 11.0 Å². The Morgan fingerprint density at radius 3 is 2.44 bits per heavy atom. The molecule has 96 valence electrons. The summed E-state index contributed by atoms with van der Waals surface area (Å²) >= 11 is 5.91. The van der Waals surface area contributed by atoms with E-state index in [1.807, 2.05) is 35.9 Å². The molecule has 0 amide bonds. The molecule has 0 spiro atoms. The summed E-state index contributed by atoms with van der Waals surface area (Å²) in [5.41, 5.74) is 2.10. The van der Waals surface area contributed by atoms with Crippen LogP contribution in [0.3, 0.4) is 0 Å². The predicted octanol–water partition coefficient (Wildman–Crippen LogP) is 1.86. The van der Waals surface area contributed by atoms with E-state index in [4.69, 9.17) is 16.7 Å². The molecule has 0 saturated heterocycles. The number of halogens is 1. The molecule has 0 fully saturated rings. The molecule has 2 aromatic rings. The van der Waals surface area contributed by atoms with E-state index in [1.54, 1.807) is 6.20 Å². The topological polar surface area (TPSA) is 50.1 Å². The van der Waals surface area contributed by atoms with Crippen molar-refractivity contribution in [3.63, 3.8) is 0 Å². The monoisotopic (exact) mass is 265 g/mol. The highest BCUT2D eigenvalue weighted by Crippen LogP contribution is 2.09. The standard InChI is InChI=1S/C13H16ClN3O/c1-17-12(14)7-16-13(17)8-15-6-10-2-4-11(9-18)5-3-10/h2-5,7,15,18H,6,8-9H2,1H3. The van der Waals surface area contributed by atoms with Crippen LogP contribution >= 0.6 is 11.6 Å². The summed E-state index contributed by atoms with van der Waals surface area (Å²) in [5, 5.41) is 12.9. The number of hydrogen-bond acceptors (Lipinski definition) is 3. The smallest absolute Gasteiger partial charge is 0.128 e. The Morgan fingerprint density at radius 1 is 1.22 bits per heavy atom. The second-order valence-corrected chi connectivity index (χ2v) is 4.52. The maximum absolute atomic E-state index is 8.95. The molecule has 0 aliphatic rings. The molecule has 0 bridgehead atoms. The minimum Gasteiger partial charge on any atom is -0.392 e. The molecule has 1 aromatic heterocycles. The third-order valence-corrected chi connectivity index (χ3v) is 3.20. The van der Waals surface area contributed by atoms with Gasteiger partial charge < -0.3 is 15.0 Å². The fraction of sp³-hybridized carbons (Fsp3) is 0.308. The first-order valence-corrected chi connectivity index (χ1v) is 6.14. The molecule has 2 N–H and O–H groups in total. The zero-order chi connectivity index (χ0) is 13.0. The maximum atomic E-state index is 8.95. The van der Waals surface area contributed by atoms with Crippen LogP contribution in [0.15, 0.2) is 30.5 Å². The number of aliphatic hydroxyl groups excluding tert-OH is 1. The van der Waals surface area contributed by atoms with Gasteiger partial charge in [0.2, 0.25) is 0 Å². The molecule has 5 heteroatoms. The second-order valence-electron chi connectivity index (χ2n) is 4.13. The number of nitrogens with zero attached hydrogens (tertiary/aromatic N) is 2. The van der Waals surface area contributed by atoms with Crippen molar-refractivity contribution in [1.29, 1.82) is 0 Å². The fourth-order valence-electron chi connectivity index (χ4n) is 1.67. The number of aliphatic hydroxyl groups is 1. The van der Waals surface area contributed by atoms with Crippen LogP contribution in [0.4, 0.5) is 0 Å². The Bertz CT molecular complexity index is 507. The summed E-state index contributed by atoms with van der Waals surface area (Å²) in [6.07, 6.45) is 1.65. The molecule has 0 atom stereocenters. The molecule has 0 saturated carbocycles. The highest BCUT2D eigenvalue weighted by atomic mass is 35.5. The molecule has 2 rings (SSSR count). The SMILES string of the molecule is Cn1c(Cl)cnc1CNCc1ccc(CO)cc1. The summed E-state index contributed by atoms with van der Waals surface area (Å²) in [6.45, 7) is 1.51. The number of rotatable bonds is 5. The number of imidazole rings is 1. The van der Waals surface area contributed by atoms with Gasteiger partial charge in [-0.1, -0.05) is 35.9 Å². The van der Waals surface area contributed by atoms with Crippen molar-refractivity contribution in [1.82, 2.24) is 14.9 Å². The molecule has 18 heavy (non-hydrogen) atoms. The van der Waals surface area contributed by atoms with Gasteiger partial charge in [0.15, 0.2) is 0 Å². The van der Waals surface area contributed by atoms with Gasteiger partial charge in [0.25, 0.3) is 0 Å². The van der Waals surface area contributed by atoms with Gasteiger partial charge in [-0.15, -0.1) is 0 Å². The van der Waals surface area contributed by atoms with Gasteiger partial charge in [-0.2, -0.15) is 0 Å². The first-order valence-electron chi connectivity index (χ1n) is 5.76. The lowest BCUT2D eigenvalue weighted by atomic mass is 10.1. The van der Waals surface area contributed by atoms with Crippen LogP contribution in [0, 0.1) is 0 Å². The first-order chi connectivity index (χ1) is 8.70. The van der Waals surface area contributed by atoms with E-state index in [0.717, 1.165) is 17.9 Å². The lowest BCUT2D eigenvalue weighted by Crippen LogP contribution is -2.15. The Morgan fingerprint density at radius 2 is 1.89 bits per heavy atom. The predicted molar refractivity (Wildman–Crippen MR) is 71.1 cm³/mol. The largest absolute Gasteiger partial charge is 0.392 e. The van der Waals surface area contributed by atoms with E-state index in [1.165, 1.54) is 5.56 Å². The van der Waals surface area contributed by atoms with Crippen molar-refractivity contribution in [3.8, 4) is 0 Å². The molecule has 4 nitrogen and oxygen atoms in total. The molecule has 1 aromatic carbocycles. The lowest BCUT2D eigenvalue weighted by molar-refractivity contribution is 0.282. The Balaban J connectivity index is 1.86.